The molecule has 192 valence electrons. The molecule has 0 aliphatic carbocycles. The summed E-state index contributed by atoms with van der Waals surface area (Å²) in [6.45, 7) is 6.18. The highest BCUT2D eigenvalue weighted by atomic mass is 35.5. The molecule has 2 aromatic carbocycles. The maximum Gasteiger partial charge on any atom is 0.416 e. The maximum atomic E-state index is 12.7. The molecule has 2 atom stereocenters. The van der Waals surface area contributed by atoms with Gasteiger partial charge in [-0.15, -0.1) is 0 Å². The lowest BCUT2D eigenvalue weighted by molar-refractivity contribution is -0.142. The minimum atomic E-state index is -4.44. The standard InChI is InChI=1S/C19H24F3NO3.C8H9Cl/c1-3-5-14(6-4-2)23-18(25)15-11-16(24)26-17(15)12-7-9-13(10-8-12)19(20,21)22;1-2-7-4-3-5-8(9)6-7/h7-10,14-15,17H,3-6,11H2,1-2H3,(H,23,25);3-6H,2H2,1H3/t15-,17?;/m0./s1. The molecule has 0 aromatic heterocycles. The van der Waals surface area contributed by atoms with Crippen molar-refractivity contribution in [2.45, 2.75) is 77.6 Å². The summed E-state index contributed by atoms with van der Waals surface area (Å²) >= 11 is 5.72. The topological polar surface area (TPSA) is 55.4 Å². The van der Waals surface area contributed by atoms with Crippen molar-refractivity contribution in [3.8, 4) is 0 Å². The van der Waals surface area contributed by atoms with Gasteiger partial charge in [0.2, 0.25) is 5.91 Å². The molecule has 1 N–H and O–H groups in total. The van der Waals surface area contributed by atoms with E-state index in [4.69, 9.17) is 16.3 Å². The first-order chi connectivity index (χ1) is 16.6. The molecule has 1 aliphatic rings. The normalized spacial score (nSPS) is 17.5. The van der Waals surface area contributed by atoms with E-state index in [0.717, 1.165) is 49.3 Å². The molecule has 4 nitrogen and oxygen atoms in total. The van der Waals surface area contributed by atoms with Crippen LogP contribution in [0.5, 0.6) is 0 Å². The monoisotopic (exact) mass is 511 g/mol. The van der Waals surface area contributed by atoms with E-state index < -0.39 is 29.7 Å². The molecule has 35 heavy (non-hydrogen) atoms. The third-order valence-electron chi connectivity index (χ3n) is 5.83. The highest BCUT2D eigenvalue weighted by molar-refractivity contribution is 6.30. The number of nitrogens with one attached hydrogen (secondary N) is 1. The third-order valence-corrected chi connectivity index (χ3v) is 6.07. The van der Waals surface area contributed by atoms with Crippen LogP contribution in [0, 0.1) is 5.92 Å². The van der Waals surface area contributed by atoms with Gasteiger partial charge >= 0.3 is 12.1 Å². The number of carbonyl (C=O) groups is 2. The molecule has 0 bridgehead atoms. The quantitative estimate of drug-likeness (QED) is 0.378. The summed E-state index contributed by atoms with van der Waals surface area (Å²) in [5, 5.41) is 3.79. The first-order valence-corrected chi connectivity index (χ1v) is 12.4. The summed E-state index contributed by atoms with van der Waals surface area (Å²) in [6.07, 6.45) is -0.773. The van der Waals surface area contributed by atoms with Crippen molar-refractivity contribution in [1.29, 1.82) is 0 Å². The predicted octanol–water partition coefficient (Wildman–Crippen LogP) is 7.30. The number of esters is 1. The van der Waals surface area contributed by atoms with Gasteiger partial charge in [-0.3, -0.25) is 9.59 Å². The second-order valence-electron chi connectivity index (χ2n) is 8.61. The van der Waals surface area contributed by atoms with E-state index in [1.54, 1.807) is 0 Å². The number of benzene rings is 2. The second-order valence-corrected chi connectivity index (χ2v) is 9.04. The van der Waals surface area contributed by atoms with E-state index >= 15 is 0 Å². The molecule has 2 aromatic rings. The first kappa shape index (κ1) is 28.7. The van der Waals surface area contributed by atoms with E-state index in [9.17, 15) is 22.8 Å². The van der Waals surface area contributed by atoms with Gasteiger partial charge in [0.05, 0.1) is 17.9 Å². The zero-order valence-corrected chi connectivity index (χ0v) is 21.1. The number of aryl methyl sites for hydroxylation is 1. The number of rotatable bonds is 8. The van der Waals surface area contributed by atoms with Gasteiger partial charge in [-0.2, -0.15) is 13.2 Å². The van der Waals surface area contributed by atoms with Crippen LogP contribution in [0.1, 0.15) is 75.7 Å². The Kier molecular flexibility index (Phi) is 11.1. The molecule has 1 saturated heterocycles. The first-order valence-electron chi connectivity index (χ1n) is 12.0. The molecule has 0 saturated carbocycles. The van der Waals surface area contributed by atoms with Crippen molar-refractivity contribution in [1.82, 2.24) is 5.32 Å². The fourth-order valence-corrected chi connectivity index (χ4v) is 4.21. The van der Waals surface area contributed by atoms with Crippen LogP contribution < -0.4 is 5.32 Å². The fourth-order valence-electron chi connectivity index (χ4n) is 4.00. The van der Waals surface area contributed by atoms with E-state index in [2.05, 4.69) is 18.3 Å². The molecule has 1 fully saturated rings. The summed E-state index contributed by atoms with van der Waals surface area (Å²) in [6, 6.07) is 12.4. The molecule has 1 aliphatic heterocycles. The summed E-state index contributed by atoms with van der Waals surface area (Å²) in [5.41, 5.74) is 0.909. The number of carbonyl (C=O) groups excluding carboxylic acids is 2. The summed E-state index contributed by atoms with van der Waals surface area (Å²) in [7, 11) is 0. The molecule has 1 heterocycles. The van der Waals surface area contributed by atoms with Gasteiger partial charge in [0.1, 0.15) is 6.10 Å². The number of cyclic esters (lactones) is 1. The van der Waals surface area contributed by atoms with Gasteiger partial charge in [0, 0.05) is 11.1 Å². The molecule has 0 spiro atoms. The van der Waals surface area contributed by atoms with Crippen molar-refractivity contribution in [2.75, 3.05) is 0 Å². The van der Waals surface area contributed by atoms with Gasteiger partial charge in [0.15, 0.2) is 0 Å². The predicted molar refractivity (Wildman–Crippen MR) is 131 cm³/mol. The Balaban J connectivity index is 0.000000402. The lowest BCUT2D eigenvalue weighted by Gasteiger charge is -2.22. The molecular formula is C27H33ClF3NO3. The Bertz CT molecular complexity index is 957. The number of ether oxygens (including phenoxy) is 1. The maximum absolute atomic E-state index is 12.7. The Morgan fingerprint density at radius 2 is 1.71 bits per heavy atom. The Morgan fingerprint density at radius 1 is 1.09 bits per heavy atom. The number of amides is 1. The number of hydrogen-bond acceptors (Lipinski definition) is 3. The number of hydrogen-bond donors (Lipinski definition) is 1. The zero-order chi connectivity index (χ0) is 26.0. The molecular weight excluding hydrogens is 479 g/mol. The van der Waals surface area contributed by atoms with Crippen molar-refractivity contribution in [3.63, 3.8) is 0 Å². The minimum absolute atomic E-state index is 0.0291. The van der Waals surface area contributed by atoms with Crippen molar-refractivity contribution < 1.29 is 27.5 Å². The van der Waals surface area contributed by atoms with E-state index in [0.29, 0.717) is 5.56 Å². The largest absolute Gasteiger partial charge is 0.457 e. The Morgan fingerprint density at radius 3 is 2.20 bits per heavy atom. The second kappa shape index (κ2) is 13.5. The number of halogens is 4. The third kappa shape index (κ3) is 8.88. The van der Waals surface area contributed by atoms with Crippen LogP contribution in [0.15, 0.2) is 48.5 Å². The van der Waals surface area contributed by atoms with Crippen molar-refractivity contribution in [3.05, 3.63) is 70.2 Å². The number of alkyl halides is 3. The van der Waals surface area contributed by atoms with Gasteiger partial charge in [0.25, 0.3) is 0 Å². The highest BCUT2D eigenvalue weighted by Crippen LogP contribution is 2.37. The fraction of sp³-hybridized carbons (Fsp3) is 0.481. The summed E-state index contributed by atoms with van der Waals surface area (Å²) in [4.78, 5) is 24.4. The van der Waals surface area contributed by atoms with Crippen LogP contribution in [0.4, 0.5) is 13.2 Å². The van der Waals surface area contributed by atoms with Crippen LogP contribution in [0.3, 0.4) is 0 Å². The van der Waals surface area contributed by atoms with Gasteiger partial charge in [-0.25, -0.2) is 0 Å². The SMILES string of the molecule is CCCC(CCC)NC(=O)[C@H]1CC(=O)OC1c1ccc(C(F)(F)F)cc1.CCc1cccc(Cl)c1. The van der Waals surface area contributed by atoms with Gasteiger partial charge < -0.3 is 10.1 Å². The summed E-state index contributed by atoms with van der Waals surface area (Å²) in [5.74, 6) is -1.53. The van der Waals surface area contributed by atoms with Crippen LogP contribution in [0.2, 0.25) is 5.02 Å². The van der Waals surface area contributed by atoms with Crippen LogP contribution in [-0.2, 0) is 26.9 Å². The Hall–Kier alpha value is -2.54. The molecule has 1 amide bonds. The van der Waals surface area contributed by atoms with Crippen LogP contribution in [0.25, 0.3) is 0 Å². The zero-order valence-electron chi connectivity index (χ0n) is 20.3. The van der Waals surface area contributed by atoms with Crippen LogP contribution in [-0.4, -0.2) is 17.9 Å². The molecule has 8 heteroatoms. The lowest BCUT2D eigenvalue weighted by Crippen LogP contribution is -2.39. The van der Waals surface area contributed by atoms with Crippen LogP contribution >= 0.6 is 11.6 Å². The highest BCUT2D eigenvalue weighted by Gasteiger charge is 2.41. The van der Waals surface area contributed by atoms with Crippen molar-refractivity contribution in [2.24, 2.45) is 5.92 Å². The smallest absolute Gasteiger partial charge is 0.416 e. The van der Waals surface area contributed by atoms with E-state index in [1.807, 2.05) is 32.0 Å². The van der Waals surface area contributed by atoms with E-state index in [1.165, 1.54) is 17.7 Å². The molecule has 3 rings (SSSR count). The Labute approximate surface area is 210 Å². The minimum Gasteiger partial charge on any atom is -0.457 e. The summed E-state index contributed by atoms with van der Waals surface area (Å²) < 4.78 is 43.3. The van der Waals surface area contributed by atoms with Gasteiger partial charge in [-0.1, -0.05) is 69.5 Å². The molecule has 1 unspecified atom stereocenters. The molecule has 0 radical (unpaired) electrons. The van der Waals surface area contributed by atoms with Crippen molar-refractivity contribution >= 4 is 23.5 Å². The lowest BCUT2D eigenvalue weighted by atomic mass is 9.93. The van der Waals surface area contributed by atoms with E-state index in [-0.39, 0.29) is 18.4 Å². The average Bonchev–Trinajstić information content (AvgIpc) is 3.21. The average molecular weight is 512 g/mol. The van der Waals surface area contributed by atoms with Gasteiger partial charge in [-0.05, 0) is 54.7 Å².